The Morgan fingerprint density at radius 3 is 0.550 bits per heavy atom. The van der Waals surface area contributed by atoms with Gasteiger partial charge >= 0.3 is 24.4 Å². The van der Waals surface area contributed by atoms with E-state index in [0.717, 1.165) is 0 Å². The minimum atomic E-state index is -2.38. The van der Waals surface area contributed by atoms with E-state index in [1.807, 2.05) is 0 Å². The van der Waals surface area contributed by atoms with Crippen LogP contribution in [0.2, 0.25) is 0 Å². The molecule has 0 spiro atoms. The zero-order valence-corrected chi connectivity index (χ0v) is 36.5. The van der Waals surface area contributed by atoms with Gasteiger partial charge in [0.1, 0.15) is 0 Å². The molecule has 0 aromatic heterocycles. The van der Waals surface area contributed by atoms with Crippen molar-refractivity contribution in [2.75, 3.05) is 39.6 Å². The third-order valence-electron chi connectivity index (χ3n) is 3.40. The van der Waals surface area contributed by atoms with E-state index in [1.165, 1.54) is 0 Å². The first kappa shape index (κ1) is 50.4. The molecule has 0 aliphatic heterocycles. The standard InChI is InChI=1S/3C8H19O2PS2.Sb/c3*1-7(2)5-9-11(12,13)10-6-8(3)4;/h3*7-8H,5-6H2,1-4H3,(H,12,13);/q;;;+3/p-3. The van der Waals surface area contributed by atoms with Gasteiger partial charge in [0, 0.05) is 0 Å². The minimum Gasteiger partial charge on any atom is -0.691 e. The summed E-state index contributed by atoms with van der Waals surface area (Å²) in [6.07, 6.45) is 0. The number of hydrogen-bond acceptors (Lipinski definition) is 12. The molecule has 16 heteroatoms. The summed E-state index contributed by atoms with van der Waals surface area (Å²) < 4.78 is 32.2. The molecular formula is C24H54O6P3S6Sb. The van der Waals surface area contributed by atoms with E-state index in [-0.39, 0.29) is 24.4 Å². The van der Waals surface area contributed by atoms with Gasteiger partial charge in [-0.1, -0.05) is 119 Å². The summed E-state index contributed by atoms with van der Waals surface area (Å²) in [5.41, 5.74) is -7.15. The smallest absolute Gasteiger partial charge is 0.691 e. The number of hydrogen-bond donors (Lipinski definition) is 0. The van der Waals surface area contributed by atoms with Gasteiger partial charge < -0.3 is 63.9 Å². The second-order valence-electron chi connectivity index (χ2n) is 11.5. The molecule has 0 saturated heterocycles. The van der Waals surface area contributed by atoms with Gasteiger partial charge in [-0.15, -0.1) is 0 Å². The van der Waals surface area contributed by atoms with E-state index < -0.39 is 17.1 Å². The van der Waals surface area contributed by atoms with Crippen LogP contribution in [0, 0.1) is 35.5 Å². The molecule has 0 aromatic rings. The van der Waals surface area contributed by atoms with Crippen molar-refractivity contribution in [3.63, 3.8) is 0 Å². The van der Waals surface area contributed by atoms with Crippen LogP contribution in [0.15, 0.2) is 0 Å². The zero-order valence-electron chi connectivity index (χ0n) is 26.4. The fourth-order valence-corrected chi connectivity index (χ4v) is 6.85. The van der Waals surface area contributed by atoms with Crippen LogP contribution in [-0.2, 0) is 99.3 Å². The Hall–Kier alpha value is 3.58. The Morgan fingerprint density at radius 1 is 0.375 bits per heavy atom. The van der Waals surface area contributed by atoms with Crippen molar-refractivity contribution < 1.29 is 27.1 Å². The first-order chi connectivity index (χ1) is 17.5. The van der Waals surface area contributed by atoms with Gasteiger partial charge in [-0.3, -0.25) is 0 Å². The molecule has 0 aliphatic rings. The Balaban J connectivity index is -0.000000240. The van der Waals surface area contributed by atoms with Gasteiger partial charge in [0.05, 0.1) is 56.7 Å². The predicted octanol–water partition coefficient (Wildman–Crippen LogP) is 8.93. The Bertz CT molecular complexity index is 603. The fourth-order valence-electron chi connectivity index (χ4n) is 1.55. The molecule has 0 bridgehead atoms. The van der Waals surface area contributed by atoms with E-state index in [4.69, 9.17) is 99.3 Å². The van der Waals surface area contributed by atoms with E-state index in [1.54, 1.807) is 0 Å². The SMILES string of the molecule is CC(C)COP(=S)([S-])OCC(C)C.CC(C)COP(=S)([S-])OCC(C)C.CC(C)COP(=S)([S-])OCC(C)C.[Sb+3]. The largest absolute Gasteiger partial charge is 3.00 e. The molecule has 0 saturated carbocycles. The van der Waals surface area contributed by atoms with Crippen molar-refractivity contribution in [1.82, 2.24) is 0 Å². The Labute approximate surface area is 296 Å². The molecule has 0 rings (SSSR count). The van der Waals surface area contributed by atoms with Gasteiger partial charge in [0.15, 0.2) is 0 Å². The first-order valence-electron chi connectivity index (χ1n) is 13.3. The third kappa shape index (κ3) is 43.7. The zero-order chi connectivity index (χ0) is 31.4. The van der Waals surface area contributed by atoms with Crippen LogP contribution in [0.25, 0.3) is 0 Å². The normalized spacial score (nSPS) is 12.5. The molecular weight excluding hydrogens is 791 g/mol. The molecule has 0 unspecified atom stereocenters. The molecule has 0 fully saturated rings. The summed E-state index contributed by atoms with van der Waals surface area (Å²) in [7, 11) is 0. The van der Waals surface area contributed by atoms with Crippen LogP contribution < -0.4 is 0 Å². The van der Waals surface area contributed by atoms with Crippen molar-refractivity contribution in [2.45, 2.75) is 83.1 Å². The fraction of sp³-hybridized carbons (Fsp3) is 1.00. The van der Waals surface area contributed by atoms with E-state index in [2.05, 4.69) is 83.1 Å². The molecule has 0 aliphatic carbocycles. The second-order valence-corrected chi connectivity index (χ2v) is 26.4. The first-order valence-corrected chi connectivity index (χ1v) is 24.3. The van der Waals surface area contributed by atoms with Gasteiger partial charge in [0.2, 0.25) is 0 Å². The Kier molecular flexibility index (Phi) is 34.9. The monoisotopic (exact) mass is 844 g/mol. The van der Waals surface area contributed by atoms with E-state index in [0.29, 0.717) is 75.1 Å². The van der Waals surface area contributed by atoms with Crippen molar-refractivity contribution in [2.24, 2.45) is 35.5 Å². The molecule has 2 radical (unpaired) electrons. The maximum absolute atomic E-state index is 5.36. The van der Waals surface area contributed by atoms with Gasteiger partial charge in [-0.05, 0) is 35.5 Å². The predicted molar refractivity (Wildman–Crippen MR) is 195 cm³/mol. The van der Waals surface area contributed by atoms with Crippen LogP contribution in [0.5, 0.6) is 0 Å². The van der Waals surface area contributed by atoms with Gasteiger partial charge in [0.25, 0.3) is 0 Å². The van der Waals surface area contributed by atoms with Crippen molar-refractivity contribution in [1.29, 1.82) is 0 Å². The average molecular weight is 846 g/mol. The van der Waals surface area contributed by atoms with E-state index >= 15 is 0 Å². The minimum absolute atomic E-state index is 0. The molecule has 0 N–H and O–H groups in total. The van der Waals surface area contributed by atoms with Crippen LogP contribution >= 0.6 is 17.1 Å². The van der Waals surface area contributed by atoms with Crippen LogP contribution in [0.3, 0.4) is 0 Å². The maximum atomic E-state index is 5.36. The summed E-state index contributed by atoms with van der Waals surface area (Å²) in [4.78, 5) is 0. The van der Waals surface area contributed by atoms with E-state index in [9.17, 15) is 0 Å². The molecule has 0 atom stereocenters. The molecule has 0 amide bonds. The molecule has 6 nitrogen and oxygen atoms in total. The van der Waals surface area contributed by atoms with Gasteiger partial charge in [-0.2, -0.15) is 0 Å². The third-order valence-corrected chi connectivity index (χ3v) is 9.98. The molecule has 0 aromatic carbocycles. The van der Waals surface area contributed by atoms with Crippen molar-refractivity contribution in [3.05, 3.63) is 0 Å². The summed E-state index contributed by atoms with van der Waals surface area (Å²) in [6, 6.07) is 0. The second kappa shape index (κ2) is 27.7. The van der Waals surface area contributed by atoms with Crippen LogP contribution in [0.1, 0.15) is 83.1 Å². The summed E-state index contributed by atoms with van der Waals surface area (Å²) >= 11 is 30.4. The Morgan fingerprint density at radius 2 is 0.475 bits per heavy atom. The molecule has 0 heterocycles. The van der Waals surface area contributed by atoms with Crippen molar-refractivity contribution >= 4 is 114 Å². The van der Waals surface area contributed by atoms with Crippen LogP contribution in [-0.4, -0.2) is 64.1 Å². The van der Waals surface area contributed by atoms with Crippen molar-refractivity contribution in [3.8, 4) is 0 Å². The quantitative estimate of drug-likeness (QED) is 0.0753. The molecule has 242 valence electrons. The van der Waals surface area contributed by atoms with Gasteiger partial charge in [-0.25, -0.2) is 0 Å². The molecule has 40 heavy (non-hydrogen) atoms. The summed E-state index contributed by atoms with van der Waals surface area (Å²) in [5.74, 6) is 2.71. The van der Waals surface area contributed by atoms with Crippen LogP contribution in [0.4, 0.5) is 0 Å². The number of rotatable bonds is 18. The maximum Gasteiger partial charge on any atom is 3.00 e. The summed E-state index contributed by atoms with van der Waals surface area (Å²) in [6.45, 7) is 28.3. The topological polar surface area (TPSA) is 55.4 Å². The average Bonchev–Trinajstić information content (AvgIpc) is 2.78. The summed E-state index contributed by atoms with van der Waals surface area (Å²) in [5, 5.41) is 0.